The second-order valence-corrected chi connectivity index (χ2v) is 8.10. The summed E-state index contributed by atoms with van der Waals surface area (Å²) in [6, 6.07) is 11.2. The van der Waals surface area contributed by atoms with Crippen molar-refractivity contribution in [2.45, 2.75) is 11.4 Å². The standard InChI is InChI=1S/C17H17FN4O3S/c18-14-4-1-3-13(11-14)12-21-7-9-22(10-8-21)26(23,24)16-6-2-5-15-17(16)20-25-19-15/h1-6,11H,7-10,12H2. The molecule has 1 fully saturated rings. The molecule has 0 atom stereocenters. The fourth-order valence-corrected chi connectivity index (χ4v) is 4.71. The Morgan fingerprint density at radius 3 is 2.58 bits per heavy atom. The van der Waals surface area contributed by atoms with Crippen LogP contribution in [0.15, 0.2) is 52.0 Å². The lowest BCUT2D eigenvalue weighted by molar-refractivity contribution is 0.181. The maximum atomic E-state index is 13.3. The molecule has 1 aromatic heterocycles. The topological polar surface area (TPSA) is 79.5 Å². The van der Waals surface area contributed by atoms with Crippen LogP contribution in [0.1, 0.15) is 5.56 Å². The molecule has 1 aliphatic rings. The summed E-state index contributed by atoms with van der Waals surface area (Å²) in [5, 5.41) is 7.42. The first-order chi connectivity index (χ1) is 12.5. The van der Waals surface area contributed by atoms with Crippen LogP contribution in [0.25, 0.3) is 11.0 Å². The van der Waals surface area contributed by atoms with Crippen LogP contribution < -0.4 is 0 Å². The van der Waals surface area contributed by atoms with Gasteiger partial charge in [-0.1, -0.05) is 18.2 Å². The second-order valence-electron chi connectivity index (χ2n) is 6.20. The Hall–Kier alpha value is -2.36. The van der Waals surface area contributed by atoms with Crippen molar-refractivity contribution in [2.24, 2.45) is 0 Å². The van der Waals surface area contributed by atoms with Gasteiger partial charge in [0.1, 0.15) is 16.2 Å². The Labute approximate surface area is 150 Å². The molecular formula is C17H17FN4O3S. The van der Waals surface area contributed by atoms with Gasteiger partial charge in [0.25, 0.3) is 0 Å². The van der Waals surface area contributed by atoms with Crippen molar-refractivity contribution in [3.05, 3.63) is 53.8 Å². The number of halogens is 1. The van der Waals surface area contributed by atoms with Crippen LogP contribution in [0.4, 0.5) is 4.39 Å². The largest absolute Gasteiger partial charge is 0.296 e. The molecule has 4 rings (SSSR count). The third kappa shape index (κ3) is 3.20. The van der Waals surface area contributed by atoms with E-state index in [1.54, 1.807) is 18.2 Å². The van der Waals surface area contributed by atoms with Gasteiger partial charge >= 0.3 is 0 Å². The Balaban J connectivity index is 1.48. The average molecular weight is 376 g/mol. The highest BCUT2D eigenvalue weighted by atomic mass is 32.2. The molecule has 0 saturated carbocycles. The highest BCUT2D eigenvalue weighted by Gasteiger charge is 2.30. The summed E-state index contributed by atoms with van der Waals surface area (Å²) in [5.41, 5.74) is 1.53. The van der Waals surface area contributed by atoms with Crippen LogP contribution in [-0.2, 0) is 16.6 Å². The maximum absolute atomic E-state index is 13.3. The first-order valence-electron chi connectivity index (χ1n) is 8.22. The van der Waals surface area contributed by atoms with E-state index in [2.05, 4.69) is 19.8 Å². The van der Waals surface area contributed by atoms with E-state index in [9.17, 15) is 12.8 Å². The van der Waals surface area contributed by atoms with Crippen molar-refractivity contribution < 1.29 is 17.4 Å². The minimum Gasteiger partial charge on any atom is -0.296 e. The quantitative estimate of drug-likeness (QED) is 0.692. The van der Waals surface area contributed by atoms with E-state index >= 15 is 0 Å². The van der Waals surface area contributed by atoms with Gasteiger partial charge in [-0.3, -0.25) is 4.90 Å². The Morgan fingerprint density at radius 2 is 1.81 bits per heavy atom. The lowest BCUT2D eigenvalue weighted by Crippen LogP contribution is -2.48. The summed E-state index contributed by atoms with van der Waals surface area (Å²) in [7, 11) is -3.68. The molecule has 0 aliphatic carbocycles. The van der Waals surface area contributed by atoms with Crippen LogP contribution in [0, 0.1) is 5.82 Å². The van der Waals surface area contributed by atoms with Crippen LogP contribution in [0.3, 0.4) is 0 Å². The normalized spacial score (nSPS) is 17.0. The van der Waals surface area contributed by atoms with Gasteiger partial charge in [-0.2, -0.15) is 4.31 Å². The molecule has 9 heteroatoms. The number of sulfonamides is 1. The molecule has 26 heavy (non-hydrogen) atoms. The van der Waals surface area contributed by atoms with E-state index in [0.717, 1.165) is 5.56 Å². The second kappa shape index (κ2) is 6.75. The highest BCUT2D eigenvalue weighted by Crippen LogP contribution is 2.24. The summed E-state index contributed by atoms with van der Waals surface area (Å²) in [6.45, 7) is 2.46. The van der Waals surface area contributed by atoms with E-state index in [0.29, 0.717) is 38.2 Å². The van der Waals surface area contributed by atoms with Crippen molar-refractivity contribution in [1.29, 1.82) is 0 Å². The fourth-order valence-electron chi connectivity index (χ4n) is 3.15. The minimum absolute atomic E-state index is 0.106. The van der Waals surface area contributed by atoms with E-state index in [-0.39, 0.29) is 16.2 Å². The van der Waals surface area contributed by atoms with Gasteiger partial charge in [0.2, 0.25) is 10.0 Å². The third-order valence-electron chi connectivity index (χ3n) is 4.49. The summed E-state index contributed by atoms with van der Waals surface area (Å²) in [4.78, 5) is 2.22. The monoisotopic (exact) mass is 376 g/mol. The van der Waals surface area contributed by atoms with Crippen molar-refractivity contribution in [3.63, 3.8) is 0 Å². The molecule has 2 aromatic carbocycles. The number of rotatable bonds is 4. The zero-order chi connectivity index (χ0) is 18.1. The molecular weight excluding hydrogens is 359 g/mol. The minimum atomic E-state index is -3.68. The predicted octanol–water partition coefficient (Wildman–Crippen LogP) is 1.87. The first kappa shape index (κ1) is 17.1. The van der Waals surface area contributed by atoms with Crippen LogP contribution in [0.2, 0.25) is 0 Å². The van der Waals surface area contributed by atoms with E-state index in [1.165, 1.54) is 22.5 Å². The summed E-state index contributed by atoms with van der Waals surface area (Å²) >= 11 is 0. The number of benzene rings is 2. The number of fused-ring (bicyclic) bond motifs is 1. The highest BCUT2D eigenvalue weighted by molar-refractivity contribution is 7.89. The molecule has 7 nitrogen and oxygen atoms in total. The zero-order valence-electron chi connectivity index (χ0n) is 13.9. The number of hydrogen-bond acceptors (Lipinski definition) is 6. The van der Waals surface area contributed by atoms with Crippen molar-refractivity contribution in [2.75, 3.05) is 26.2 Å². The van der Waals surface area contributed by atoms with E-state index in [4.69, 9.17) is 0 Å². The molecule has 136 valence electrons. The lowest BCUT2D eigenvalue weighted by Gasteiger charge is -2.34. The lowest BCUT2D eigenvalue weighted by atomic mass is 10.2. The molecule has 0 amide bonds. The Morgan fingerprint density at radius 1 is 1.04 bits per heavy atom. The smallest absolute Gasteiger partial charge is 0.245 e. The van der Waals surface area contributed by atoms with E-state index < -0.39 is 10.0 Å². The van der Waals surface area contributed by atoms with Crippen LogP contribution in [-0.4, -0.2) is 54.1 Å². The molecule has 1 aliphatic heterocycles. The average Bonchev–Trinajstić information content (AvgIpc) is 3.11. The molecule has 0 spiro atoms. The fraction of sp³-hybridized carbons (Fsp3) is 0.294. The molecule has 2 heterocycles. The van der Waals surface area contributed by atoms with E-state index in [1.807, 2.05) is 6.07 Å². The predicted molar refractivity (Wildman–Crippen MR) is 92.2 cm³/mol. The number of hydrogen-bond donors (Lipinski definition) is 0. The van der Waals surface area contributed by atoms with Crippen molar-refractivity contribution in [1.82, 2.24) is 19.5 Å². The molecule has 0 unspecified atom stereocenters. The van der Waals surface area contributed by atoms with Crippen molar-refractivity contribution in [3.8, 4) is 0 Å². The molecule has 0 radical (unpaired) electrons. The number of nitrogens with zero attached hydrogens (tertiary/aromatic N) is 4. The van der Waals surface area contributed by atoms with Crippen molar-refractivity contribution >= 4 is 21.1 Å². The first-order valence-corrected chi connectivity index (χ1v) is 9.66. The van der Waals surface area contributed by atoms with Gasteiger partial charge in [-0.15, -0.1) is 0 Å². The maximum Gasteiger partial charge on any atom is 0.245 e. The SMILES string of the molecule is O=S(=O)(c1cccc2nonc12)N1CCN(Cc2cccc(F)c2)CC1. The Bertz CT molecular complexity index is 1030. The van der Waals surface area contributed by atoms with Gasteiger partial charge in [0, 0.05) is 32.7 Å². The molecule has 0 bridgehead atoms. The summed E-state index contributed by atoms with van der Waals surface area (Å²) < 4.78 is 45.3. The van der Waals surface area contributed by atoms with Gasteiger partial charge in [-0.25, -0.2) is 17.4 Å². The van der Waals surface area contributed by atoms with Crippen LogP contribution >= 0.6 is 0 Å². The molecule has 0 N–H and O–H groups in total. The van der Waals surface area contributed by atoms with Crippen LogP contribution in [0.5, 0.6) is 0 Å². The number of piperazine rings is 1. The summed E-state index contributed by atoms with van der Waals surface area (Å²) in [5.74, 6) is -0.266. The van der Waals surface area contributed by atoms with Gasteiger partial charge in [0.15, 0.2) is 5.52 Å². The number of aromatic nitrogens is 2. The third-order valence-corrected chi connectivity index (χ3v) is 6.42. The van der Waals surface area contributed by atoms with Gasteiger partial charge < -0.3 is 0 Å². The molecule has 3 aromatic rings. The molecule has 1 saturated heterocycles. The van der Waals surface area contributed by atoms with Gasteiger partial charge in [0.05, 0.1) is 0 Å². The summed E-state index contributed by atoms with van der Waals surface area (Å²) in [6.07, 6.45) is 0. The van der Waals surface area contributed by atoms with Gasteiger partial charge in [-0.05, 0) is 40.1 Å². The Kier molecular flexibility index (Phi) is 4.43. The zero-order valence-corrected chi connectivity index (χ0v) is 14.7.